The molecule has 0 aliphatic carbocycles. The molecule has 0 aromatic heterocycles. The van der Waals surface area contributed by atoms with Gasteiger partial charge in [0.2, 0.25) is 10.0 Å². The first-order valence-electron chi connectivity index (χ1n) is 13.5. The summed E-state index contributed by atoms with van der Waals surface area (Å²) in [5.74, 6) is 5.64. The topological polar surface area (TPSA) is 90.3 Å². The fraction of sp³-hybridized carbons (Fsp3) is 0.375. The number of sulfonamides is 1. The number of ether oxygens (including phenoxy) is 1. The molecule has 4 atom stereocenters. The number of nitrogens with zero attached hydrogens (tertiary/aromatic N) is 2. The molecule has 8 heteroatoms. The largest absolute Gasteiger partial charge is 0.487 e. The van der Waals surface area contributed by atoms with Gasteiger partial charge in [0.1, 0.15) is 22.9 Å². The molecule has 0 amide bonds. The SMILES string of the molecule is C[C@H](O)C#Cc1ccc2c(c1)O[C@H](CN(C)Cc1ccc(-c3ccccc3)cc1)[C@@H](C)CN([C@H](C)CO)S2(=O)=O. The van der Waals surface area contributed by atoms with Crippen molar-refractivity contribution >= 4 is 10.0 Å². The van der Waals surface area contributed by atoms with Crippen LogP contribution in [0.2, 0.25) is 0 Å². The van der Waals surface area contributed by atoms with E-state index in [2.05, 4.69) is 53.1 Å². The van der Waals surface area contributed by atoms with Crippen LogP contribution in [0, 0.1) is 17.8 Å². The molecule has 2 N–H and O–H groups in total. The lowest BCUT2D eigenvalue weighted by atomic mass is 10.0. The van der Waals surface area contributed by atoms with Gasteiger partial charge < -0.3 is 14.9 Å². The van der Waals surface area contributed by atoms with E-state index in [4.69, 9.17) is 4.74 Å². The van der Waals surface area contributed by atoms with Gasteiger partial charge in [0.05, 0.1) is 6.61 Å². The zero-order chi connectivity index (χ0) is 28.9. The molecular weight excluding hydrogens is 524 g/mol. The van der Waals surface area contributed by atoms with E-state index in [1.165, 1.54) is 15.9 Å². The summed E-state index contributed by atoms with van der Waals surface area (Å²) < 4.78 is 35.1. The molecule has 212 valence electrons. The van der Waals surface area contributed by atoms with Crippen LogP contribution in [0.15, 0.2) is 77.7 Å². The van der Waals surface area contributed by atoms with Crippen molar-refractivity contribution in [2.45, 2.75) is 50.5 Å². The predicted molar refractivity (Wildman–Crippen MR) is 157 cm³/mol. The quantitative estimate of drug-likeness (QED) is 0.424. The van der Waals surface area contributed by atoms with E-state index < -0.39 is 22.2 Å². The monoisotopic (exact) mass is 562 g/mol. The summed E-state index contributed by atoms with van der Waals surface area (Å²) in [5, 5.41) is 19.4. The summed E-state index contributed by atoms with van der Waals surface area (Å²) in [6, 6.07) is 22.9. The Hall–Kier alpha value is -3.19. The molecule has 0 bridgehead atoms. The van der Waals surface area contributed by atoms with Crippen LogP contribution in [0.3, 0.4) is 0 Å². The molecule has 0 unspecified atom stereocenters. The summed E-state index contributed by atoms with van der Waals surface area (Å²) in [6.07, 6.45) is -1.13. The van der Waals surface area contributed by atoms with Crippen molar-refractivity contribution < 1.29 is 23.4 Å². The van der Waals surface area contributed by atoms with Gasteiger partial charge in [-0.3, -0.25) is 4.90 Å². The normalized spacial score (nSPS) is 20.3. The number of likely N-dealkylation sites (N-methyl/N-ethyl adjacent to an activating group) is 1. The van der Waals surface area contributed by atoms with Crippen LogP contribution in [-0.4, -0.2) is 72.8 Å². The number of hydrogen-bond donors (Lipinski definition) is 2. The van der Waals surface area contributed by atoms with Crippen LogP contribution in [0.4, 0.5) is 0 Å². The van der Waals surface area contributed by atoms with Crippen LogP contribution in [0.1, 0.15) is 31.9 Å². The minimum absolute atomic E-state index is 0.0476. The molecule has 40 heavy (non-hydrogen) atoms. The molecule has 1 aliphatic heterocycles. The summed E-state index contributed by atoms with van der Waals surface area (Å²) in [4.78, 5) is 2.22. The Labute approximate surface area is 238 Å². The van der Waals surface area contributed by atoms with Crippen LogP contribution in [0.5, 0.6) is 5.75 Å². The minimum atomic E-state index is -3.93. The maximum Gasteiger partial charge on any atom is 0.247 e. The summed E-state index contributed by atoms with van der Waals surface area (Å²) in [6.45, 7) is 6.44. The molecule has 0 saturated heterocycles. The van der Waals surface area contributed by atoms with Crippen molar-refractivity contribution in [2.24, 2.45) is 5.92 Å². The van der Waals surface area contributed by atoms with E-state index >= 15 is 0 Å². The molecule has 0 fully saturated rings. The Kier molecular flexibility index (Phi) is 9.67. The van der Waals surface area contributed by atoms with E-state index in [0.29, 0.717) is 18.7 Å². The Balaban J connectivity index is 1.59. The summed E-state index contributed by atoms with van der Waals surface area (Å²) in [5.41, 5.74) is 4.05. The zero-order valence-electron chi connectivity index (χ0n) is 23.5. The maximum atomic E-state index is 13.6. The smallest absolute Gasteiger partial charge is 0.247 e. The van der Waals surface area contributed by atoms with Crippen molar-refractivity contribution in [2.75, 3.05) is 26.7 Å². The van der Waals surface area contributed by atoms with Crippen LogP contribution in [0.25, 0.3) is 11.1 Å². The van der Waals surface area contributed by atoms with Crippen molar-refractivity contribution in [3.63, 3.8) is 0 Å². The highest BCUT2D eigenvalue weighted by Gasteiger charge is 2.38. The molecule has 7 nitrogen and oxygen atoms in total. The van der Waals surface area contributed by atoms with Gasteiger partial charge in [-0.05, 0) is 55.8 Å². The van der Waals surface area contributed by atoms with E-state index in [1.807, 2.05) is 32.2 Å². The van der Waals surface area contributed by atoms with Gasteiger partial charge in [-0.2, -0.15) is 4.31 Å². The molecule has 1 aliphatic rings. The van der Waals surface area contributed by atoms with Crippen LogP contribution >= 0.6 is 0 Å². The maximum absolute atomic E-state index is 13.6. The van der Waals surface area contributed by atoms with E-state index in [-0.39, 0.29) is 35.8 Å². The van der Waals surface area contributed by atoms with Gasteiger partial charge in [0, 0.05) is 37.2 Å². The fourth-order valence-corrected chi connectivity index (χ4v) is 6.65. The highest BCUT2D eigenvalue weighted by Crippen LogP contribution is 2.34. The molecule has 0 saturated carbocycles. The number of rotatable bonds is 7. The third kappa shape index (κ3) is 7.11. The number of benzene rings is 3. The lowest BCUT2D eigenvalue weighted by Crippen LogP contribution is -2.49. The highest BCUT2D eigenvalue weighted by atomic mass is 32.2. The standard InChI is InChI=1S/C32H38N2O5S/c1-23-19-34(24(2)22-35)40(37,38)32-17-14-26(11-10-25(3)36)18-30(32)39-31(23)21-33(4)20-27-12-15-29(16-13-27)28-8-6-5-7-9-28/h5-9,12-18,23-25,31,35-36H,19-22H2,1-4H3/t23-,24+,25-,31+/m0/s1. The molecule has 3 aromatic rings. The number of fused-ring (bicyclic) bond motifs is 1. The fourth-order valence-electron chi connectivity index (χ4n) is 4.83. The van der Waals surface area contributed by atoms with E-state index in [1.54, 1.807) is 26.0 Å². The molecular formula is C32H38N2O5S. The Morgan fingerprint density at radius 3 is 2.38 bits per heavy atom. The van der Waals surface area contributed by atoms with Crippen molar-refractivity contribution in [3.05, 3.63) is 83.9 Å². The zero-order valence-corrected chi connectivity index (χ0v) is 24.3. The van der Waals surface area contributed by atoms with Crippen molar-refractivity contribution in [1.82, 2.24) is 9.21 Å². The molecule has 4 rings (SSSR count). The summed E-state index contributed by atoms with van der Waals surface area (Å²) in [7, 11) is -1.90. The van der Waals surface area contributed by atoms with Gasteiger partial charge in [0.25, 0.3) is 0 Å². The second-order valence-electron chi connectivity index (χ2n) is 10.6. The second-order valence-corrected chi connectivity index (χ2v) is 12.5. The Morgan fingerprint density at radius 1 is 1.05 bits per heavy atom. The molecule has 1 heterocycles. The Morgan fingerprint density at radius 2 is 1.73 bits per heavy atom. The second kappa shape index (κ2) is 13.0. The first kappa shape index (κ1) is 29.8. The highest BCUT2D eigenvalue weighted by molar-refractivity contribution is 7.89. The minimum Gasteiger partial charge on any atom is -0.487 e. The first-order valence-corrected chi connectivity index (χ1v) is 15.0. The Bertz CT molecular complexity index is 1450. The van der Waals surface area contributed by atoms with Gasteiger partial charge in [-0.25, -0.2) is 8.42 Å². The lowest BCUT2D eigenvalue weighted by molar-refractivity contribution is 0.0733. The van der Waals surface area contributed by atoms with Gasteiger partial charge >= 0.3 is 0 Å². The van der Waals surface area contributed by atoms with E-state index in [9.17, 15) is 18.6 Å². The van der Waals surface area contributed by atoms with Gasteiger partial charge in [-0.15, -0.1) is 0 Å². The van der Waals surface area contributed by atoms with Gasteiger partial charge in [0.15, 0.2) is 0 Å². The number of aliphatic hydroxyl groups is 2. The third-order valence-corrected chi connectivity index (χ3v) is 9.12. The van der Waals surface area contributed by atoms with Crippen molar-refractivity contribution in [3.8, 4) is 28.7 Å². The lowest BCUT2D eigenvalue weighted by Gasteiger charge is -2.37. The first-order chi connectivity index (χ1) is 19.1. The summed E-state index contributed by atoms with van der Waals surface area (Å²) >= 11 is 0. The third-order valence-electron chi connectivity index (χ3n) is 7.10. The van der Waals surface area contributed by atoms with Gasteiger partial charge in [-0.1, -0.05) is 73.4 Å². The molecule has 0 spiro atoms. The average molecular weight is 563 g/mol. The van der Waals surface area contributed by atoms with Crippen molar-refractivity contribution in [1.29, 1.82) is 0 Å². The van der Waals surface area contributed by atoms with E-state index in [0.717, 1.165) is 11.1 Å². The predicted octanol–water partition coefficient (Wildman–Crippen LogP) is 3.99. The number of aliphatic hydroxyl groups excluding tert-OH is 2. The van der Waals surface area contributed by atoms with Crippen LogP contribution in [-0.2, 0) is 16.6 Å². The average Bonchev–Trinajstić information content (AvgIpc) is 2.94. The number of hydrogen-bond acceptors (Lipinski definition) is 6. The van der Waals surface area contributed by atoms with Crippen LogP contribution < -0.4 is 4.74 Å². The molecule has 3 aromatic carbocycles. The molecule has 0 radical (unpaired) electrons.